The smallest absolute Gasteiger partial charge is 0.247 e. The van der Waals surface area contributed by atoms with Crippen molar-refractivity contribution in [1.82, 2.24) is 24.6 Å². The lowest BCUT2D eigenvalue weighted by molar-refractivity contribution is 0.191. The molecule has 0 fully saturated rings. The van der Waals surface area contributed by atoms with Gasteiger partial charge in [0.15, 0.2) is 0 Å². The third-order valence-corrected chi connectivity index (χ3v) is 3.74. The fourth-order valence-corrected chi connectivity index (χ4v) is 2.58. The second kappa shape index (κ2) is 5.34. The SMILES string of the molecule is Fc1ccc(-c2nnc(CN3CCn4ccnc4C3)o2)cc1. The maximum atomic E-state index is 12.9. The zero-order valence-corrected chi connectivity index (χ0v) is 11.8. The Balaban J connectivity index is 1.47. The van der Waals surface area contributed by atoms with Crippen molar-refractivity contribution in [1.29, 1.82) is 0 Å². The second-order valence-corrected chi connectivity index (χ2v) is 5.26. The van der Waals surface area contributed by atoms with Gasteiger partial charge >= 0.3 is 0 Å². The molecule has 0 saturated heterocycles. The summed E-state index contributed by atoms with van der Waals surface area (Å²) in [6.45, 7) is 3.17. The Labute approximate surface area is 126 Å². The fourth-order valence-electron chi connectivity index (χ4n) is 2.58. The van der Waals surface area contributed by atoms with Crippen LogP contribution in [-0.4, -0.2) is 31.2 Å². The number of benzene rings is 1. The number of fused-ring (bicyclic) bond motifs is 1. The average molecular weight is 299 g/mol. The molecule has 4 rings (SSSR count). The second-order valence-electron chi connectivity index (χ2n) is 5.26. The molecular formula is C15H14FN5O. The molecule has 0 amide bonds. The minimum atomic E-state index is -0.285. The van der Waals surface area contributed by atoms with Gasteiger partial charge in [-0.05, 0) is 24.3 Å². The molecule has 0 unspecified atom stereocenters. The number of rotatable bonds is 3. The Morgan fingerprint density at radius 2 is 2.00 bits per heavy atom. The van der Waals surface area contributed by atoms with Gasteiger partial charge in [-0.25, -0.2) is 9.37 Å². The van der Waals surface area contributed by atoms with E-state index < -0.39 is 0 Å². The van der Waals surface area contributed by atoms with Crippen LogP contribution in [0.4, 0.5) is 4.39 Å². The van der Waals surface area contributed by atoms with Crippen molar-refractivity contribution in [3.05, 3.63) is 54.2 Å². The zero-order valence-electron chi connectivity index (χ0n) is 11.8. The quantitative estimate of drug-likeness (QED) is 0.741. The third kappa shape index (κ3) is 2.50. The van der Waals surface area contributed by atoms with Gasteiger partial charge in [0, 0.05) is 31.0 Å². The van der Waals surface area contributed by atoms with Gasteiger partial charge in [-0.3, -0.25) is 4.90 Å². The van der Waals surface area contributed by atoms with Crippen LogP contribution in [0.15, 0.2) is 41.1 Å². The molecule has 1 aliphatic heterocycles. The van der Waals surface area contributed by atoms with E-state index in [4.69, 9.17) is 4.42 Å². The number of nitrogens with zero attached hydrogens (tertiary/aromatic N) is 5. The predicted molar refractivity (Wildman–Crippen MR) is 76.0 cm³/mol. The Bertz CT molecular complexity index is 779. The Hall–Kier alpha value is -2.54. The van der Waals surface area contributed by atoms with Gasteiger partial charge in [-0.15, -0.1) is 10.2 Å². The largest absolute Gasteiger partial charge is 0.419 e. The first-order chi connectivity index (χ1) is 10.8. The van der Waals surface area contributed by atoms with Crippen LogP contribution >= 0.6 is 0 Å². The molecule has 1 aliphatic rings. The summed E-state index contributed by atoms with van der Waals surface area (Å²) in [6, 6.07) is 6.02. The van der Waals surface area contributed by atoms with Gasteiger partial charge in [-0.2, -0.15) is 0 Å². The van der Waals surface area contributed by atoms with E-state index in [0.29, 0.717) is 23.9 Å². The van der Waals surface area contributed by atoms with Crippen LogP contribution in [0.25, 0.3) is 11.5 Å². The highest BCUT2D eigenvalue weighted by molar-refractivity contribution is 5.51. The van der Waals surface area contributed by atoms with Gasteiger partial charge in [-0.1, -0.05) is 0 Å². The molecule has 0 aliphatic carbocycles. The van der Waals surface area contributed by atoms with E-state index >= 15 is 0 Å². The molecule has 3 heterocycles. The van der Waals surface area contributed by atoms with Crippen LogP contribution in [0.1, 0.15) is 11.7 Å². The van der Waals surface area contributed by atoms with Crippen LogP contribution in [0.5, 0.6) is 0 Å². The molecule has 2 aromatic heterocycles. The Morgan fingerprint density at radius 1 is 1.14 bits per heavy atom. The fraction of sp³-hybridized carbons (Fsp3) is 0.267. The highest BCUT2D eigenvalue weighted by atomic mass is 19.1. The van der Waals surface area contributed by atoms with Gasteiger partial charge in [0.1, 0.15) is 11.6 Å². The summed E-state index contributed by atoms with van der Waals surface area (Å²) in [5, 5.41) is 8.10. The van der Waals surface area contributed by atoms with E-state index in [-0.39, 0.29) is 5.82 Å². The van der Waals surface area contributed by atoms with Crippen molar-refractivity contribution in [3.63, 3.8) is 0 Å². The molecule has 0 N–H and O–H groups in total. The first kappa shape index (κ1) is 13.1. The van der Waals surface area contributed by atoms with E-state index in [1.54, 1.807) is 12.1 Å². The molecule has 0 saturated carbocycles. The molecule has 6 nitrogen and oxygen atoms in total. The Morgan fingerprint density at radius 3 is 2.86 bits per heavy atom. The van der Waals surface area contributed by atoms with Gasteiger partial charge in [0.05, 0.1) is 13.1 Å². The topological polar surface area (TPSA) is 60.0 Å². The maximum absolute atomic E-state index is 12.9. The molecule has 112 valence electrons. The van der Waals surface area contributed by atoms with Crippen molar-refractivity contribution < 1.29 is 8.81 Å². The lowest BCUT2D eigenvalue weighted by Gasteiger charge is -2.25. The molecule has 0 bridgehead atoms. The van der Waals surface area contributed by atoms with Crippen LogP contribution in [-0.2, 0) is 19.6 Å². The summed E-state index contributed by atoms with van der Waals surface area (Å²) >= 11 is 0. The number of hydrogen-bond donors (Lipinski definition) is 0. The minimum Gasteiger partial charge on any atom is -0.419 e. The molecule has 0 radical (unpaired) electrons. The normalized spacial score (nSPS) is 15.0. The summed E-state index contributed by atoms with van der Waals surface area (Å²) in [5.74, 6) is 1.73. The van der Waals surface area contributed by atoms with E-state index in [9.17, 15) is 4.39 Å². The lowest BCUT2D eigenvalue weighted by atomic mass is 10.2. The van der Waals surface area contributed by atoms with Gasteiger partial charge < -0.3 is 8.98 Å². The monoisotopic (exact) mass is 299 g/mol. The standard InChI is InChI=1S/C15H14FN5O/c16-12-3-1-11(2-4-12)15-19-18-14(22-15)10-20-7-8-21-6-5-17-13(21)9-20/h1-6H,7-10H2. The number of hydrogen-bond acceptors (Lipinski definition) is 5. The lowest BCUT2D eigenvalue weighted by Crippen LogP contribution is -2.33. The first-order valence-corrected chi connectivity index (χ1v) is 7.08. The molecule has 3 aromatic rings. The molecule has 7 heteroatoms. The number of aromatic nitrogens is 4. The maximum Gasteiger partial charge on any atom is 0.247 e. The summed E-state index contributed by atoms with van der Waals surface area (Å²) in [7, 11) is 0. The molecule has 0 spiro atoms. The summed E-state index contributed by atoms with van der Waals surface area (Å²) in [6.07, 6.45) is 3.81. The van der Waals surface area contributed by atoms with Crippen LogP contribution < -0.4 is 0 Å². The molecule has 0 atom stereocenters. The summed E-state index contributed by atoms with van der Waals surface area (Å²) < 4.78 is 20.7. The zero-order chi connectivity index (χ0) is 14.9. The molecule has 22 heavy (non-hydrogen) atoms. The van der Waals surface area contributed by atoms with Gasteiger partial charge in [0.25, 0.3) is 0 Å². The number of imidazole rings is 1. The summed E-state index contributed by atoms with van der Waals surface area (Å²) in [5.41, 5.74) is 0.717. The van der Waals surface area contributed by atoms with E-state index in [2.05, 4.69) is 24.6 Å². The number of halogens is 1. The molecule has 1 aromatic carbocycles. The predicted octanol–water partition coefficient (Wildman–Crippen LogP) is 2.09. The highest BCUT2D eigenvalue weighted by Crippen LogP contribution is 2.19. The first-order valence-electron chi connectivity index (χ1n) is 7.08. The van der Waals surface area contributed by atoms with Crippen molar-refractivity contribution >= 4 is 0 Å². The van der Waals surface area contributed by atoms with Crippen molar-refractivity contribution in [3.8, 4) is 11.5 Å². The highest BCUT2D eigenvalue weighted by Gasteiger charge is 2.19. The van der Waals surface area contributed by atoms with Crippen LogP contribution in [0, 0.1) is 5.82 Å². The molecular weight excluding hydrogens is 285 g/mol. The Kier molecular flexibility index (Phi) is 3.19. The summed E-state index contributed by atoms with van der Waals surface area (Å²) in [4.78, 5) is 6.54. The van der Waals surface area contributed by atoms with E-state index in [1.807, 2.05) is 12.4 Å². The van der Waals surface area contributed by atoms with Crippen molar-refractivity contribution in [2.45, 2.75) is 19.6 Å². The van der Waals surface area contributed by atoms with Crippen molar-refractivity contribution in [2.75, 3.05) is 6.54 Å². The van der Waals surface area contributed by atoms with Gasteiger partial charge in [0.2, 0.25) is 11.8 Å². The van der Waals surface area contributed by atoms with Crippen LogP contribution in [0.2, 0.25) is 0 Å². The average Bonchev–Trinajstić information content (AvgIpc) is 3.17. The third-order valence-electron chi connectivity index (χ3n) is 3.74. The van der Waals surface area contributed by atoms with Crippen LogP contribution in [0.3, 0.4) is 0 Å². The van der Waals surface area contributed by atoms with E-state index in [1.165, 1.54) is 12.1 Å². The van der Waals surface area contributed by atoms with E-state index in [0.717, 1.165) is 25.5 Å². The minimum absolute atomic E-state index is 0.285. The van der Waals surface area contributed by atoms with Crippen molar-refractivity contribution in [2.24, 2.45) is 0 Å².